The van der Waals surface area contributed by atoms with Gasteiger partial charge in [0, 0.05) is 31.7 Å². The van der Waals surface area contributed by atoms with Crippen LogP contribution in [0.25, 0.3) is 17.1 Å². The molecule has 0 radical (unpaired) electrons. The van der Waals surface area contributed by atoms with E-state index in [4.69, 9.17) is 9.40 Å². The summed E-state index contributed by atoms with van der Waals surface area (Å²) in [5, 5.41) is 4.56. The summed E-state index contributed by atoms with van der Waals surface area (Å²) >= 11 is 0. The molecule has 1 unspecified atom stereocenters. The summed E-state index contributed by atoms with van der Waals surface area (Å²) in [6, 6.07) is 14.4. The maximum absolute atomic E-state index is 5.81. The smallest absolute Gasteiger partial charge is 0.143 e. The second-order valence-corrected chi connectivity index (χ2v) is 8.54. The molecular formula is C25H29N5O. The first-order chi connectivity index (χ1) is 15.1. The van der Waals surface area contributed by atoms with Gasteiger partial charge in [-0.15, -0.1) is 0 Å². The van der Waals surface area contributed by atoms with E-state index in [0.29, 0.717) is 5.92 Å². The lowest BCUT2D eigenvalue weighted by atomic mass is 10.0. The zero-order valence-corrected chi connectivity index (χ0v) is 18.5. The van der Waals surface area contributed by atoms with Gasteiger partial charge in [-0.1, -0.05) is 25.1 Å². The van der Waals surface area contributed by atoms with Crippen LogP contribution in [0.4, 0.5) is 0 Å². The monoisotopic (exact) mass is 415 g/mol. The molecule has 0 saturated carbocycles. The van der Waals surface area contributed by atoms with Crippen molar-refractivity contribution < 1.29 is 4.42 Å². The standard InChI is InChI=1S/C25H29N5O/c1-18(24-10-9-19(2)31-24)11-12-28-13-14-29-23(17-28)20(3)27-25(29)21-15-26-30(16-21)22-7-5-4-6-8-22/h4-10,15-16,18H,11-14,17H2,1-3H3. The first kappa shape index (κ1) is 19.8. The Morgan fingerprint density at radius 1 is 1.06 bits per heavy atom. The van der Waals surface area contributed by atoms with Crippen molar-refractivity contribution in [3.05, 3.63) is 77.8 Å². The van der Waals surface area contributed by atoms with Crippen LogP contribution in [0.2, 0.25) is 0 Å². The Hall–Kier alpha value is -3.12. The summed E-state index contributed by atoms with van der Waals surface area (Å²) in [6.07, 6.45) is 5.09. The number of benzene rings is 1. The van der Waals surface area contributed by atoms with E-state index in [1.807, 2.05) is 36.0 Å². The first-order valence-electron chi connectivity index (χ1n) is 11.0. The van der Waals surface area contributed by atoms with Crippen LogP contribution in [0.3, 0.4) is 0 Å². The minimum atomic E-state index is 0.432. The number of para-hydroxylation sites is 1. The molecule has 1 aliphatic heterocycles. The summed E-state index contributed by atoms with van der Waals surface area (Å²) in [5.41, 5.74) is 4.55. The van der Waals surface area contributed by atoms with Gasteiger partial charge in [-0.05, 0) is 51.1 Å². The molecule has 0 spiro atoms. The molecule has 0 bridgehead atoms. The van der Waals surface area contributed by atoms with Crippen molar-refractivity contribution >= 4 is 0 Å². The van der Waals surface area contributed by atoms with Crippen molar-refractivity contribution in [2.45, 2.75) is 46.2 Å². The third-order valence-electron chi connectivity index (χ3n) is 6.27. The van der Waals surface area contributed by atoms with Gasteiger partial charge in [0.1, 0.15) is 17.3 Å². The Bertz CT molecular complexity index is 1170. The Morgan fingerprint density at radius 3 is 2.68 bits per heavy atom. The van der Waals surface area contributed by atoms with Gasteiger partial charge in [0.25, 0.3) is 0 Å². The second kappa shape index (κ2) is 8.19. The third kappa shape index (κ3) is 3.95. The lowest BCUT2D eigenvalue weighted by Gasteiger charge is -2.29. The van der Waals surface area contributed by atoms with Crippen LogP contribution >= 0.6 is 0 Å². The van der Waals surface area contributed by atoms with Gasteiger partial charge in [-0.2, -0.15) is 5.10 Å². The highest BCUT2D eigenvalue weighted by Gasteiger charge is 2.24. The highest BCUT2D eigenvalue weighted by molar-refractivity contribution is 5.56. The average Bonchev–Trinajstić information content (AvgIpc) is 3.52. The molecule has 0 N–H and O–H groups in total. The lowest BCUT2D eigenvalue weighted by molar-refractivity contribution is 0.212. The molecule has 5 rings (SSSR count). The second-order valence-electron chi connectivity index (χ2n) is 8.54. The largest absolute Gasteiger partial charge is 0.466 e. The molecule has 4 heterocycles. The van der Waals surface area contributed by atoms with E-state index < -0.39 is 0 Å². The minimum Gasteiger partial charge on any atom is -0.466 e. The fourth-order valence-electron chi connectivity index (χ4n) is 4.39. The summed E-state index contributed by atoms with van der Waals surface area (Å²) in [4.78, 5) is 7.45. The average molecular weight is 416 g/mol. The van der Waals surface area contributed by atoms with Crippen molar-refractivity contribution in [3.8, 4) is 17.1 Å². The molecule has 4 aromatic rings. The van der Waals surface area contributed by atoms with Crippen LogP contribution in [0.5, 0.6) is 0 Å². The van der Waals surface area contributed by atoms with Gasteiger partial charge in [0.05, 0.1) is 28.8 Å². The van der Waals surface area contributed by atoms with E-state index in [1.165, 1.54) is 5.69 Å². The van der Waals surface area contributed by atoms with Crippen LogP contribution in [0.15, 0.2) is 59.3 Å². The van der Waals surface area contributed by atoms with Gasteiger partial charge < -0.3 is 8.98 Å². The molecule has 160 valence electrons. The van der Waals surface area contributed by atoms with Gasteiger partial charge in [-0.3, -0.25) is 4.90 Å². The molecule has 1 aromatic carbocycles. The molecule has 0 saturated heterocycles. The molecule has 31 heavy (non-hydrogen) atoms. The van der Waals surface area contributed by atoms with Crippen LogP contribution in [0, 0.1) is 13.8 Å². The highest BCUT2D eigenvalue weighted by atomic mass is 16.3. The molecule has 1 aliphatic rings. The maximum Gasteiger partial charge on any atom is 0.143 e. The Labute approximate surface area is 183 Å². The molecule has 0 fully saturated rings. The van der Waals surface area contributed by atoms with E-state index in [0.717, 1.165) is 66.9 Å². The van der Waals surface area contributed by atoms with Gasteiger partial charge >= 0.3 is 0 Å². The third-order valence-corrected chi connectivity index (χ3v) is 6.27. The van der Waals surface area contributed by atoms with Gasteiger partial charge in [0.15, 0.2) is 0 Å². The normalized spacial score (nSPS) is 15.2. The van der Waals surface area contributed by atoms with Crippen LogP contribution in [0.1, 0.15) is 42.2 Å². The summed E-state index contributed by atoms with van der Waals surface area (Å²) in [6.45, 7) is 10.4. The quantitative estimate of drug-likeness (QED) is 0.447. The van der Waals surface area contributed by atoms with Crippen molar-refractivity contribution in [3.63, 3.8) is 0 Å². The molecule has 0 aliphatic carbocycles. The Kier molecular flexibility index (Phi) is 5.24. The summed E-state index contributed by atoms with van der Waals surface area (Å²) in [7, 11) is 0. The Balaban J connectivity index is 1.29. The number of aromatic nitrogens is 4. The molecular weight excluding hydrogens is 386 g/mol. The maximum atomic E-state index is 5.81. The van der Waals surface area contributed by atoms with E-state index in [-0.39, 0.29) is 0 Å². The van der Waals surface area contributed by atoms with E-state index in [2.05, 4.69) is 58.9 Å². The van der Waals surface area contributed by atoms with Crippen LogP contribution < -0.4 is 0 Å². The fourth-order valence-corrected chi connectivity index (χ4v) is 4.39. The predicted octanol–water partition coefficient (Wildman–Crippen LogP) is 4.96. The highest BCUT2D eigenvalue weighted by Crippen LogP contribution is 2.28. The predicted molar refractivity (Wildman–Crippen MR) is 121 cm³/mol. The number of imidazole rings is 1. The number of fused-ring (bicyclic) bond motifs is 1. The number of aryl methyl sites for hydroxylation is 2. The number of nitrogens with zero attached hydrogens (tertiary/aromatic N) is 5. The van der Waals surface area contributed by atoms with E-state index in [1.54, 1.807) is 0 Å². The summed E-state index contributed by atoms with van der Waals surface area (Å²) < 4.78 is 10.1. The minimum absolute atomic E-state index is 0.432. The molecule has 6 nitrogen and oxygen atoms in total. The number of furan rings is 1. The SMILES string of the molecule is Cc1ccc(C(C)CCN2CCn3c(-c4cnn(-c5ccccc5)c4)nc(C)c3C2)o1. The van der Waals surface area contributed by atoms with Crippen molar-refractivity contribution in [1.82, 2.24) is 24.2 Å². The molecule has 1 atom stereocenters. The van der Waals surface area contributed by atoms with Crippen molar-refractivity contribution in [2.24, 2.45) is 0 Å². The number of hydrogen-bond donors (Lipinski definition) is 0. The first-order valence-corrected chi connectivity index (χ1v) is 11.0. The van der Waals surface area contributed by atoms with Gasteiger partial charge in [-0.25, -0.2) is 9.67 Å². The van der Waals surface area contributed by atoms with E-state index in [9.17, 15) is 0 Å². The summed E-state index contributed by atoms with van der Waals surface area (Å²) in [5.74, 6) is 3.53. The molecule has 3 aromatic heterocycles. The van der Waals surface area contributed by atoms with Crippen molar-refractivity contribution in [2.75, 3.05) is 13.1 Å². The molecule has 0 amide bonds. The zero-order valence-electron chi connectivity index (χ0n) is 18.5. The molecule has 6 heteroatoms. The number of rotatable bonds is 6. The lowest BCUT2D eigenvalue weighted by Crippen LogP contribution is -2.35. The zero-order chi connectivity index (χ0) is 21.4. The van der Waals surface area contributed by atoms with E-state index >= 15 is 0 Å². The van der Waals surface area contributed by atoms with Crippen molar-refractivity contribution in [1.29, 1.82) is 0 Å². The number of hydrogen-bond acceptors (Lipinski definition) is 4. The van der Waals surface area contributed by atoms with Crippen LogP contribution in [-0.2, 0) is 13.1 Å². The fraction of sp³-hybridized carbons (Fsp3) is 0.360. The topological polar surface area (TPSA) is 52.0 Å². The van der Waals surface area contributed by atoms with Gasteiger partial charge in [0.2, 0.25) is 0 Å². The van der Waals surface area contributed by atoms with Crippen LogP contribution in [-0.4, -0.2) is 37.3 Å². The Morgan fingerprint density at radius 2 is 1.90 bits per heavy atom.